The summed E-state index contributed by atoms with van der Waals surface area (Å²) in [6.07, 6.45) is 11.0. The lowest BCUT2D eigenvalue weighted by atomic mass is 9.95. The molecule has 0 atom stereocenters. The molecule has 0 aromatic heterocycles. The van der Waals surface area contributed by atoms with E-state index in [9.17, 15) is 0 Å². The van der Waals surface area contributed by atoms with Crippen molar-refractivity contribution in [2.24, 2.45) is 0 Å². The van der Waals surface area contributed by atoms with Gasteiger partial charge in [-0.15, -0.1) is 0 Å². The van der Waals surface area contributed by atoms with Gasteiger partial charge in [0.05, 0.1) is 0 Å². The molecule has 0 bridgehead atoms. The summed E-state index contributed by atoms with van der Waals surface area (Å²) in [6, 6.07) is 7.52. The van der Waals surface area contributed by atoms with Crippen molar-refractivity contribution in [3.05, 3.63) is 28.2 Å². The lowest BCUT2D eigenvalue weighted by molar-refractivity contribution is 0.372. The Kier molecular flexibility index (Phi) is 5.59. The Hall–Kier alpha value is -0.540. The highest BCUT2D eigenvalue weighted by Gasteiger charge is 2.17. The smallest absolute Gasteiger partial charge is 0.0423 e. The molecule has 2 nitrogen and oxygen atoms in total. The van der Waals surface area contributed by atoms with Crippen LogP contribution >= 0.6 is 15.9 Å². The Morgan fingerprint density at radius 1 is 1.00 bits per heavy atom. The third kappa shape index (κ3) is 4.23. The van der Waals surface area contributed by atoms with E-state index in [0.29, 0.717) is 0 Å². The molecule has 21 heavy (non-hydrogen) atoms. The van der Waals surface area contributed by atoms with Crippen LogP contribution in [0.2, 0.25) is 0 Å². The Morgan fingerprint density at radius 3 is 2.48 bits per heavy atom. The van der Waals surface area contributed by atoms with Crippen LogP contribution in [0, 0.1) is 0 Å². The Bertz CT molecular complexity index is 449. The van der Waals surface area contributed by atoms with Crippen LogP contribution in [0.4, 0.5) is 5.69 Å². The highest BCUT2D eigenvalue weighted by Crippen LogP contribution is 2.28. The molecule has 1 aromatic carbocycles. The molecule has 2 aliphatic rings. The molecule has 116 valence electrons. The first-order valence-corrected chi connectivity index (χ1v) is 9.39. The molecule has 0 spiro atoms. The van der Waals surface area contributed by atoms with E-state index < -0.39 is 0 Å². The maximum absolute atomic E-state index is 3.79. The molecule has 1 saturated heterocycles. The molecule has 3 rings (SSSR count). The minimum absolute atomic E-state index is 0.733. The Labute approximate surface area is 137 Å². The lowest BCUT2D eigenvalue weighted by Crippen LogP contribution is -2.33. The van der Waals surface area contributed by atoms with Gasteiger partial charge in [-0.05, 0) is 49.8 Å². The number of nitrogens with zero attached hydrogens (tertiary/aromatic N) is 1. The number of piperidine rings is 1. The summed E-state index contributed by atoms with van der Waals surface area (Å²) in [4.78, 5) is 2.58. The van der Waals surface area contributed by atoms with E-state index in [4.69, 9.17) is 0 Å². The van der Waals surface area contributed by atoms with Crippen molar-refractivity contribution in [3.63, 3.8) is 0 Å². The van der Waals surface area contributed by atoms with Gasteiger partial charge in [0.25, 0.3) is 0 Å². The third-order valence-corrected chi connectivity index (χ3v) is 5.42. The number of halogens is 1. The predicted octanol–water partition coefficient (Wildman–Crippen LogP) is 4.86. The van der Waals surface area contributed by atoms with Gasteiger partial charge < -0.3 is 10.2 Å². The van der Waals surface area contributed by atoms with Crippen molar-refractivity contribution in [2.45, 2.75) is 64.0 Å². The molecule has 1 saturated carbocycles. The molecule has 1 aromatic rings. The van der Waals surface area contributed by atoms with Gasteiger partial charge in [0, 0.05) is 35.8 Å². The lowest BCUT2D eigenvalue weighted by Gasteiger charge is -2.31. The van der Waals surface area contributed by atoms with Crippen molar-refractivity contribution < 1.29 is 0 Å². The molecule has 1 heterocycles. The summed E-state index contributed by atoms with van der Waals surface area (Å²) in [5.41, 5.74) is 2.90. The van der Waals surface area contributed by atoms with Crippen molar-refractivity contribution in [3.8, 4) is 0 Å². The molecular weight excluding hydrogens is 324 g/mol. The predicted molar refractivity (Wildman–Crippen MR) is 93.9 cm³/mol. The van der Waals surface area contributed by atoms with Crippen LogP contribution in [0.15, 0.2) is 22.7 Å². The summed E-state index contributed by atoms with van der Waals surface area (Å²) in [6.45, 7) is 3.45. The van der Waals surface area contributed by atoms with Gasteiger partial charge in [-0.3, -0.25) is 0 Å². The summed E-state index contributed by atoms with van der Waals surface area (Å²) < 4.78 is 1.20. The topological polar surface area (TPSA) is 15.3 Å². The highest BCUT2D eigenvalue weighted by atomic mass is 79.9. The zero-order valence-electron chi connectivity index (χ0n) is 12.9. The van der Waals surface area contributed by atoms with E-state index in [1.165, 1.54) is 80.2 Å². The first kappa shape index (κ1) is 15.4. The first-order valence-electron chi connectivity index (χ1n) is 8.60. The van der Waals surface area contributed by atoms with Crippen LogP contribution in [-0.4, -0.2) is 19.1 Å². The monoisotopic (exact) mass is 350 g/mol. The summed E-state index contributed by atoms with van der Waals surface area (Å²) in [5.74, 6) is 0. The SMILES string of the molecule is Brc1ccc(CNC2CCCCC2)c(N2CCCCC2)c1. The second-order valence-corrected chi connectivity index (χ2v) is 7.45. The van der Waals surface area contributed by atoms with Crippen LogP contribution in [0.25, 0.3) is 0 Å². The van der Waals surface area contributed by atoms with E-state index in [2.05, 4.69) is 44.3 Å². The van der Waals surface area contributed by atoms with Crippen LogP contribution in [0.5, 0.6) is 0 Å². The number of hydrogen-bond acceptors (Lipinski definition) is 2. The maximum atomic E-state index is 3.79. The van der Waals surface area contributed by atoms with Crippen LogP contribution in [-0.2, 0) is 6.54 Å². The maximum Gasteiger partial charge on any atom is 0.0423 e. The van der Waals surface area contributed by atoms with Gasteiger partial charge in [0.2, 0.25) is 0 Å². The van der Waals surface area contributed by atoms with Gasteiger partial charge in [-0.1, -0.05) is 41.3 Å². The Morgan fingerprint density at radius 2 is 1.71 bits per heavy atom. The standard InChI is InChI=1S/C18H27BrN2/c19-16-10-9-15(14-20-17-7-3-1-4-8-17)18(13-16)21-11-5-2-6-12-21/h9-10,13,17,20H,1-8,11-12,14H2. The van der Waals surface area contributed by atoms with Gasteiger partial charge in [0.1, 0.15) is 0 Å². The molecule has 1 N–H and O–H groups in total. The van der Waals surface area contributed by atoms with Crippen molar-refractivity contribution in [2.75, 3.05) is 18.0 Å². The largest absolute Gasteiger partial charge is 0.371 e. The van der Waals surface area contributed by atoms with E-state index in [1.807, 2.05) is 0 Å². The number of anilines is 1. The molecule has 0 unspecified atom stereocenters. The molecule has 3 heteroatoms. The molecule has 1 aliphatic carbocycles. The zero-order chi connectivity index (χ0) is 14.5. The summed E-state index contributed by atoms with van der Waals surface area (Å²) >= 11 is 3.64. The zero-order valence-corrected chi connectivity index (χ0v) is 14.5. The van der Waals surface area contributed by atoms with Crippen LogP contribution in [0.3, 0.4) is 0 Å². The number of benzene rings is 1. The second kappa shape index (κ2) is 7.64. The molecule has 0 radical (unpaired) electrons. The van der Waals surface area contributed by atoms with E-state index in [-0.39, 0.29) is 0 Å². The number of hydrogen-bond donors (Lipinski definition) is 1. The van der Waals surface area contributed by atoms with Crippen LogP contribution < -0.4 is 10.2 Å². The highest BCUT2D eigenvalue weighted by molar-refractivity contribution is 9.10. The average Bonchev–Trinajstić information content (AvgIpc) is 2.55. The summed E-state index contributed by atoms with van der Waals surface area (Å²) in [5, 5.41) is 3.79. The molecule has 0 amide bonds. The van der Waals surface area contributed by atoms with Gasteiger partial charge in [-0.2, -0.15) is 0 Å². The van der Waals surface area contributed by atoms with Crippen molar-refractivity contribution in [1.82, 2.24) is 5.32 Å². The van der Waals surface area contributed by atoms with Gasteiger partial charge >= 0.3 is 0 Å². The average molecular weight is 351 g/mol. The van der Waals surface area contributed by atoms with Crippen molar-refractivity contribution >= 4 is 21.6 Å². The normalized spacial score (nSPS) is 20.7. The van der Waals surface area contributed by atoms with Gasteiger partial charge in [0.15, 0.2) is 0 Å². The molecule has 1 aliphatic heterocycles. The number of rotatable bonds is 4. The van der Waals surface area contributed by atoms with Crippen molar-refractivity contribution in [1.29, 1.82) is 0 Å². The quantitative estimate of drug-likeness (QED) is 0.833. The second-order valence-electron chi connectivity index (χ2n) is 6.54. The van der Waals surface area contributed by atoms with Crippen LogP contribution in [0.1, 0.15) is 56.9 Å². The van der Waals surface area contributed by atoms with Gasteiger partial charge in [-0.25, -0.2) is 0 Å². The van der Waals surface area contributed by atoms with E-state index >= 15 is 0 Å². The molecule has 2 fully saturated rings. The number of nitrogens with one attached hydrogen (secondary N) is 1. The fourth-order valence-electron chi connectivity index (χ4n) is 3.68. The minimum atomic E-state index is 0.733. The van der Waals surface area contributed by atoms with E-state index in [1.54, 1.807) is 0 Å². The third-order valence-electron chi connectivity index (χ3n) is 4.93. The fraction of sp³-hybridized carbons (Fsp3) is 0.667. The molecular formula is C18H27BrN2. The van der Waals surface area contributed by atoms with E-state index in [0.717, 1.165) is 12.6 Å². The summed E-state index contributed by atoms with van der Waals surface area (Å²) in [7, 11) is 0. The minimum Gasteiger partial charge on any atom is -0.371 e. The Balaban J connectivity index is 1.68. The fourth-order valence-corrected chi connectivity index (χ4v) is 4.03. The first-order chi connectivity index (χ1) is 10.3.